The van der Waals surface area contributed by atoms with Crippen molar-refractivity contribution in [3.8, 4) is 5.75 Å². The highest BCUT2D eigenvalue weighted by atomic mass is 35.5. The highest BCUT2D eigenvalue weighted by Gasteiger charge is 2.38. The second-order valence-corrected chi connectivity index (χ2v) is 7.20. The molecule has 1 aliphatic heterocycles. The van der Waals surface area contributed by atoms with Gasteiger partial charge in [-0.15, -0.1) is 12.4 Å². The van der Waals surface area contributed by atoms with Gasteiger partial charge in [0.15, 0.2) is 0 Å². The first kappa shape index (κ1) is 20.8. The number of nitrogens with two attached hydrogens (primary N) is 1. The number of ether oxygens (including phenoxy) is 1. The number of nitrogens with zero attached hydrogens (tertiary/aromatic N) is 1. The monoisotopic (exact) mass is 401 g/mol. The lowest BCUT2D eigenvalue weighted by Crippen LogP contribution is -2.43. The largest absolute Gasteiger partial charge is 0.495 e. The maximum atomic E-state index is 12.6. The third kappa shape index (κ3) is 4.24. The van der Waals surface area contributed by atoms with Gasteiger partial charge in [0.25, 0.3) is 0 Å². The van der Waals surface area contributed by atoms with Gasteiger partial charge in [0.05, 0.1) is 18.7 Å². The molecule has 6 nitrogen and oxygen atoms in total. The van der Waals surface area contributed by atoms with E-state index in [1.54, 1.807) is 30.2 Å². The lowest BCUT2D eigenvalue weighted by molar-refractivity contribution is -0.127. The van der Waals surface area contributed by atoms with Crippen molar-refractivity contribution in [3.05, 3.63) is 23.2 Å². The average Bonchev–Trinajstić information content (AvgIpc) is 3.20. The van der Waals surface area contributed by atoms with Crippen molar-refractivity contribution < 1.29 is 14.3 Å². The minimum absolute atomic E-state index is 0. The summed E-state index contributed by atoms with van der Waals surface area (Å²) in [6, 6.07) is 5.26. The van der Waals surface area contributed by atoms with Crippen molar-refractivity contribution in [2.24, 2.45) is 17.6 Å². The molecule has 1 aliphatic carbocycles. The third-order valence-corrected chi connectivity index (χ3v) is 5.45. The van der Waals surface area contributed by atoms with E-state index < -0.39 is 0 Å². The summed E-state index contributed by atoms with van der Waals surface area (Å²) in [5, 5.41) is 3.62. The maximum absolute atomic E-state index is 12.6. The fraction of sp³-hybridized carbons (Fsp3) is 0.556. The van der Waals surface area contributed by atoms with E-state index in [2.05, 4.69) is 5.32 Å². The molecule has 3 unspecified atom stereocenters. The van der Waals surface area contributed by atoms with Crippen molar-refractivity contribution in [3.63, 3.8) is 0 Å². The van der Waals surface area contributed by atoms with Crippen molar-refractivity contribution in [1.82, 2.24) is 5.32 Å². The number of halogens is 2. The van der Waals surface area contributed by atoms with E-state index in [0.29, 0.717) is 35.5 Å². The average molecular weight is 402 g/mol. The molecule has 3 rings (SSSR count). The van der Waals surface area contributed by atoms with Crippen LogP contribution in [0.15, 0.2) is 18.2 Å². The van der Waals surface area contributed by atoms with E-state index in [0.717, 1.165) is 19.3 Å². The number of amides is 2. The zero-order valence-electron chi connectivity index (χ0n) is 14.7. The second kappa shape index (κ2) is 8.93. The molecule has 8 heteroatoms. The van der Waals surface area contributed by atoms with Crippen molar-refractivity contribution in [2.45, 2.75) is 31.7 Å². The third-order valence-electron chi connectivity index (χ3n) is 5.22. The van der Waals surface area contributed by atoms with Gasteiger partial charge in [0, 0.05) is 24.0 Å². The first-order valence-corrected chi connectivity index (χ1v) is 9.05. The molecule has 2 fully saturated rings. The van der Waals surface area contributed by atoms with Gasteiger partial charge in [-0.1, -0.05) is 18.0 Å². The van der Waals surface area contributed by atoms with Crippen LogP contribution in [0, 0.1) is 11.8 Å². The smallest absolute Gasteiger partial charge is 0.227 e. The summed E-state index contributed by atoms with van der Waals surface area (Å²) in [5.74, 6) is 0.378. The molecule has 3 atom stereocenters. The standard InChI is InChI=1S/C18H24ClN3O3.ClH/c1-25-16-6-5-13(19)8-15(16)22-10-12(7-17(22)23)18(24)21-14-4-2-3-11(14)9-20;/h5-6,8,11-12,14H,2-4,7,9-10,20H2,1H3,(H,21,24);1H. The Bertz CT molecular complexity index is 671. The SMILES string of the molecule is COc1ccc(Cl)cc1N1CC(C(=O)NC2CCCC2CN)CC1=O.Cl. The van der Waals surface area contributed by atoms with Crippen LogP contribution in [-0.2, 0) is 9.59 Å². The molecule has 26 heavy (non-hydrogen) atoms. The molecule has 2 amide bonds. The summed E-state index contributed by atoms with van der Waals surface area (Å²) >= 11 is 6.06. The van der Waals surface area contributed by atoms with Crippen LogP contribution in [0.4, 0.5) is 5.69 Å². The molecule has 1 aromatic rings. The van der Waals surface area contributed by atoms with E-state index >= 15 is 0 Å². The minimum Gasteiger partial charge on any atom is -0.495 e. The number of nitrogens with one attached hydrogen (secondary N) is 1. The fourth-order valence-corrected chi connectivity index (χ4v) is 3.97. The molecule has 1 saturated heterocycles. The predicted octanol–water partition coefficient (Wildman–Crippen LogP) is 2.37. The van der Waals surface area contributed by atoms with Gasteiger partial charge in [-0.25, -0.2) is 0 Å². The predicted molar refractivity (Wildman–Crippen MR) is 104 cm³/mol. The highest BCUT2D eigenvalue weighted by molar-refractivity contribution is 6.31. The van der Waals surface area contributed by atoms with Gasteiger partial charge in [-0.05, 0) is 43.5 Å². The summed E-state index contributed by atoms with van der Waals surface area (Å²) in [6.07, 6.45) is 3.29. The van der Waals surface area contributed by atoms with Gasteiger partial charge in [0.1, 0.15) is 5.75 Å². The zero-order valence-corrected chi connectivity index (χ0v) is 16.3. The molecule has 0 spiro atoms. The molecule has 1 aromatic carbocycles. The quantitative estimate of drug-likeness (QED) is 0.792. The van der Waals surface area contributed by atoms with Crippen molar-refractivity contribution >= 4 is 41.5 Å². The lowest BCUT2D eigenvalue weighted by Gasteiger charge is -2.22. The van der Waals surface area contributed by atoms with E-state index in [-0.39, 0.29) is 42.6 Å². The van der Waals surface area contributed by atoms with E-state index in [1.165, 1.54) is 0 Å². The minimum atomic E-state index is -0.366. The highest BCUT2D eigenvalue weighted by Crippen LogP contribution is 2.35. The maximum Gasteiger partial charge on any atom is 0.227 e. The van der Waals surface area contributed by atoms with Crippen LogP contribution in [0.5, 0.6) is 5.75 Å². The lowest BCUT2D eigenvalue weighted by atomic mass is 10.0. The molecule has 1 heterocycles. The number of anilines is 1. The number of hydrogen-bond acceptors (Lipinski definition) is 4. The molecule has 0 radical (unpaired) electrons. The topological polar surface area (TPSA) is 84.7 Å². The fourth-order valence-electron chi connectivity index (χ4n) is 3.80. The Kier molecular flexibility index (Phi) is 7.15. The molecular formula is C18H25Cl2N3O3. The van der Waals surface area contributed by atoms with Gasteiger partial charge < -0.3 is 20.7 Å². The van der Waals surface area contributed by atoms with E-state index in [9.17, 15) is 9.59 Å². The summed E-state index contributed by atoms with van der Waals surface area (Å²) in [4.78, 5) is 26.7. The van der Waals surface area contributed by atoms with Gasteiger partial charge in [-0.2, -0.15) is 0 Å². The molecular weight excluding hydrogens is 377 g/mol. The summed E-state index contributed by atoms with van der Waals surface area (Å²) in [7, 11) is 1.55. The van der Waals surface area contributed by atoms with E-state index in [1.807, 2.05) is 0 Å². The number of carbonyl (C=O) groups excluding carboxylic acids is 2. The van der Waals surface area contributed by atoms with E-state index in [4.69, 9.17) is 22.1 Å². The molecule has 0 aromatic heterocycles. The van der Waals surface area contributed by atoms with Crippen LogP contribution in [0.2, 0.25) is 5.02 Å². The number of carbonyl (C=O) groups is 2. The molecule has 144 valence electrons. The first-order valence-electron chi connectivity index (χ1n) is 8.67. The molecule has 3 N–H and O–H groups in total. The number of hydrogen-bond donors (Lipinski definition) is 2. The summed E-state index contributed by atoms with van der Waals surface area (Å²) in [6.45, 7) is 0.918. The van der Waals surface area contributed by atoms with Crippen LogP contribution in [-0.4, -0.2) is 38.1 Å². The van der Waals surface area contributed by atoms with Crippen LogP contribution in [0.1, 0.15) is 25.7 Å². The Balaban J connectivity index is 0.00000243. The van der Waals surface area contributed by atoms with Gasteiger partial charge in [0.2, 0.25) is 11.8 Å². The number of benzene rings is 1. The molecule has 2 aliphatic rings. The second-order valence-electron chi connectivity index (χ2n) is 6.76. The van der Waals surface area contributed by atoms with Crippen LogP contribution in [0.3, 0.4) is 0 Å². The number of rotatable bonds is 5. The summed E-state index contributed by atoms with van der Waals surface area (Å²) in [5.41, 5.74) is 6.39. The first-order chi connectivity index (χ1) is 12.0. The van der Waals surface area contributed by atoms with Crippen LogP contribution >= 0.6 is 24.0 Å². The zero-order chi connectivity index (χ0) is 18.0. The Labute approximate surface area is 164 Å². The normalized spacial score (nSPS) is 25.1. The molecule has 0 bridgehead atoms. The summed E-state index contributed by atoms with van der Waals surface area (Å²) < 4.78 is 5.33. The Morgan fingerprint density at radius 3 is 2.88 bits per heavy atom. The van der Waals surface area contributed by atoms with Crippen LogP contribution < -0.4 is 20.7 Å². The molecule has 1 saturated carbocycles. The van der Waals surface area contributed by atoms with Crippen LogP contribution in [0.25, 0.3) is 0 Å². The Morgan fingerprint density at radius 2 is 2.19 bits per heavy atom. The Hall–Kier alpha value is -1.50. The van der Waals surface area contributed by atoms with Crippen molar-refractivity contribution in [2.75, 3.05) is 25.1 Å². The van der Waals surface area contributed by atoms with Gasteiger partial charge >= 0.3 is 0 Å². The van der Waals surface area contributed by atoms with Crippen molar-refractivity contribution in [1.29, 1.82) is 0 Å². The number of methoxy groups -OCH3 is 1. The van der Waals surface area contributed by atoms with Gasteiger partial charge in [-0.3, -0.25) is 9.59 Å². The Morgan fingerprint density at radius 1 is 1.42 bits per heavy atom.